The quantitative estimate of drug-likeness (QED) is 0.384. The van der Waals surface area contributed by atoms with Crippen molar-refractivity contribution in [3.63, 3.8) is 0 Å². The number of rotatable bonds is 4. The Hall–Kier alpha value is -1.81. The fraction of sp³-hybridized carbons (Fsp3) is 0.421. The molecule has 0 saturated carbocycles. The highest BCUT2D eigenvalue weighted by atomic mass is 127. The van der Waals surface area contributed by atoms with Crippen molar-refractivity contribution in [1.29, 1.82) is 0 Å². The van der Waals surface area contributed by atoms with Crippen LogP contribution in [-0.4, -0.2) is 64.4 Å². The Morgan fingerprint density at radius 3 is 2.57 bits per heavy atom. The molecule has 3 rings (SSSR count). The van der Waals surface area contributed by atoms with Gasteiger partial charge in [0, 0.05) is 57.7 Å². The maximum atomic E-state index is 12.6. The van der Waals surface area contributed by atoms with Gasteiger partial charge in [-0.2, -0.15) is 0 Å². The fourth-order valence-electron chi connectivity index (χ4n) is 3.16. The van der Waals surface area contributed by atoms with Gasteiger partial charge in [0.25, 0.3) is 0 Å². The molecule has 0 atom stereocenters. The number of hydrogen-bond donors (Lipinski definition) is 1. The zero-order valence-corrected chi connectivity index (χ0v) is 19.2. The summed E-state index contributed by atoms with van der Waals surface area (Å²) in [6, 6.07) is 7.47. The number of guanidine groups is 1. The molecule has 1 saturated heterocycles. The second-order valence-corrected chi connectivity index (χ2v) is 6.97. The van der Waals surface area contributed by atoms with E-state index in [0.717, 1.165) is 30.4 Å². The first kappa shape index (κ1) is 22.5. The summed E-state index contributed by atoms with van der Waals surface area (Å²) in [6.07, 6.45) is 4.08. The third-order valence-electron chi connectivity index (χ3n) is 4.71. The van der Waals surface area contributed by atoms with Crippen LogP contribution in [0.4, 0.5) is 0 Å². The van der Waals surface area contributed by atoms with Gasteiger partial charge in [-0.15, -0.1) is 24.0 Å². The van der Waals surface area contributed by atoms with Crippen LogP contribution in [-0.2, 0) is 24.8 Å². The average molecular weight is 517 g/mol. The number of amides is 1. The van der Waals surface area contributed by atoms with Crippen LogP contribution in [0.25, 0.3) is 0 Å². The number of aryl methyl sites for hydroxylation is 1. The van der Waals surface area contributed by atoms with E-state index in [4.69, 9.17) is 11.6 Å². The minimum atomic E-state index is 0. The third kappa shape index (κ3) is 5.84. The van der Waals surface area contributed by atoms with Crippen molar-refractivity contribution in [3.8, 4) is 0 Å². The van der Waals surface area contributed by atoms with Gasteiger partial charge in [0.15, 0.2) is 5.96 Å². The molecule has 0 aliphatic carbocycles. The minimum Gasteiger partial charge on any atom is -0.349 e. The van der Waals surface area contributed by atoms with E-state index in [1.165, 1.54) is 0 Å². The Bertz CT molecular complexity index is 816. The summed E-state index contributed by atoms with van der Waals surface area (Å²) in [5.41, 5.74) is 0.947. The average Bonchev–Trinajstić information content (AvgIpc) is 3.08. The Labute approximate surface area is 187 Å². The van der Waals surface area contributed by atoms with Crippen molar-refractivity contribution in [2.45, 2.75) is 13.0 Å². The predicted molar refractivity (Wildman–Crippen MR) is 122 cm³/mol. The van der Waals surface area contributed by atoms with Crippen LogP contribution in [0, 0.1) is 0 Å². The van der Waals surface area contributed by atoms with Crippen molar-refractivity contribution in [3.05, 3.63) is 53.1 Å². The number of carbonyl (C=O) groups is 1. The van der Waals surface area contributed by atoms with Crippen molar-refractivity contribution >= 4 is 47.4 Å². The van der Waals surface area contributed by atoms with Gasteiger partial charge >= 0.3 is 0 Å². The number of carbonyl (C=O) groups excluding carboxylic acids is 1. The van der Waals surface area contributed by atoms with Crippen molar-refractivity contribution in [2.24, 2.45) is 12.0 Å². The van der Waals surface area contributed by atoms with Crippen LogP contribution < -0.4 is 5.32 Å². The molecule has 28 heavy (non-hydrogen) atoms. The number of hydrogen-bond acceptors (Lipinski definition) is 3. The number of aromatic nitrogens is 2. The first-order valence-electron chi connectivity index (χ1n) is 9.01. The summed E-state index contributed by atoms with van der Waals surface area (Å²) in [6.45, 7) is 3.48. The zero-order chi connectivity index (χ0) is 19.2. The monoisotopic (exact) mass is 516 g/mol. The van der Waals surface area contributed by atoms with E-state index in [2.05, 4.69) is 20.2 Å². The largest absolute Gasteiger partial charge is 0.349 e. The molecular formula is C19H26ClIN6O. The molecule has 0 spiro atoms. The topological polar surface area (TPSA) is 65.8 Å². The lowest BCUT2D eigenvalue weighted by Gasteiger charge is -2.36. The molecule has 9 heteroatoms. The Kier molecular flexibility index (Phi) is 8.56. The molecule has 0 bridgehead atoms. The van der Waals surface area contributed by atoms with E-state index in [1.807, 2.05) is 47.0 Å². The SMILES string of the molecule is CN=C(NCc1nccn1C)N1CCN(C(=O)Cc2cccc(Cl)c2)CC1.I. The van der Waals surface area contributed by atoms with Gasteiger partial charge in [-0.05, 0) is 17.7 Å². The molecular weight excluding hydrogens is 491 g/mol. The summed E-state index contributed by atoms with van der Waals surface area (Å²) in [7, 11) is 3.74. The lowest BCUT2D eigenvalue weighted by molar-refractivity contribution is -0.131. The van der Waals surface area contributed by atoms with Crippen LogP contribution in [0.5, 0.6) is 0 Å². The molecule has 1 aromatic carbocycles. The van der Waals surface area contributed by atoms with E-state index in [1.54, 1.807) is 13.2 Å². The highest BCUT2D eigenvalue weighted by Crippen LogP contribution is 2.13. The number of nitrogens with one attached hydrogen (secondary N) is 1. The molecule has 2 aromatic rings. The van der Waals surface area contributed by atoms with E-state index in [9.17, 15) is 4.79 Å². The van der Waals surface area contributed by atoms with Crippen molar-refractivity contribution in [1.82, 2.24) is 24.7 Å². The highest BCUT2D eigenvalue weighted by molar-refractivity contribution is 14.0. The fourth-order valence-corrected chi connectivity index (χ4v) is 3.37. The molecule has 7 nitrogen and oxygen atoms in total. The second kappa shape index (κ2) is 10.7. The normalized spacial score (nSPS) is 14.6. The molecule has 152 valence electrons. The van der Waals surface area contributed by atoms with Gasteiger partial charge in [-0.3, -0.25) is 9.79 Å². The summed E-state index contributed by atoms with van der Waals surface area (Å²) < 4.78 is 1.98. The summed E-state index contributed by atoms with van der Waals surface area (Å²) in [5, 5.41) is 4.01. The van der Waals surface area contributed by atoms with Gasteiger partial charge in [-0.25, -0.2) is 4.98 Å². The van der Waals surface area contributed by atoms with Crippen molar-refractivity contribution < 1.29 is 4.79 Å². The first-order chi connectivity index (χ1) is 13.1. The van der Waals surface area contributed by atoms with Gasteiger partial charge in [-0.1, -0.05) is 23.7 Å². The summed E-state index contributed by atoms with van der Waals surface area (Å²) in [5.74, 6) is 1.92. The standard InChI is InChI=1S/C19H25ClN6O.HI/c1-21-19(23-14-17-22-6-7-24(17)2)26-10-8-25(9-11-26)18(27)13-15-4-3-5-16(20)12-15;/h3-7,12H,8-11,13-14H2,1-2H3,(H,21,23);1H. The highest BCUT2D eigenvalue weighted by Gasteiger charge is 2.23. The summed E-state index contributed by atoms with van der Waals surface area (Å²) in [4.78, 5) is 25.3. The number of aliphatic imine (C=N–C) groups is 1. The molecule has 2 heterocycles. The number of imidazole rings is 1. The van der Waals surface area contributed by atoms with E-state index in [-0.39, 0.29) is 29.9 Å². The Morgan fingerprint density at radius 2 is 1.96 bits per heavy atom. The van der Waals surface area contributed by atoms with Gasteiger partial charge < -0.3 is 19.7 Å². The van der Waals surface area contributed by atoms with E-state index < -0.39 is 0 Å². The molecule has 1 amide bonds. The van der Waals surface area contributed by atoms with E-state index in [0.29, 0.717) is 31.1 Å². The third-order valence-corrected chi connectivity index (χ3v) is 4.95. The number of benzene rings is 1. The van der Waals surface area contributed by atoms with E-state index >= 15 is 0 Å². The maximum absolute atomic E-state index is 12.6. The van der Waals surface area contributed by atoms with Crippen LogP contribution >= 0.6 is 35.6 Å². The molecule has 0 unspecified atom stereocenters. The van der Waals surface area contributed by atoms with Crippen LogP contribution in [0.15, 0.2) is 41.7 Å². The number of nitrogens with zero attached hydrogens (tertiary/aromatic N) is 5. The van der Waals surface area contributed by atoms with Crippen molar-refractivity contribution in [2.75, 3.05) is 33.2 Å². The molecule has 1 aliphatic rings. The smallest absolute Gasteiger partial charge is 0.227 e. The van der Waals surface area contributed by atoms with Gasteiger partial charge in [0.1, 0.15) is 5.82 Å². The van der Waals surface area contributed by atoms with Gasteiger partial charge in [0.05, 0.1) is 13.0 Å². The second-order valence-electron chi connectivity index (χ2n) is 6.53. The van der Waals surface area contributed by atoms with Crippen LogP contribution in [0.1, 0.15) is 11.4 Å². The number of piperazine rings is 1. The molecule has 1 fully saturated rings. The van der Waals surface area contributed by atoms with Crippen LogP contribution in [0.2, 0.25) is 5.02 Å². The van der Waals surface area contributed by atoms with Crippen LogP contribution in [0.3, 0.4) is 0 Å². The first-order valence-corrected chi connectivity index (χ1v) is 9.38. The lowest BCUT2D eigenvalue weighted by Crippen LogP contribution is -2.54. The zero-order valence-electron chi connectivity index (χ0n) is 16.1. The Morgan fingerprint density at radius 1 is 1.25 bits per heavy atom. The predicted octanol–water partition coefficient (Wildman–Crippen LogP) is 2.15. The van der Waals surface area contributed by atoms with Gasteiger partial charge in [0.2, 0.25) is 5.91 Å². The molecule has 1 N–H and O–H groups in total. The number of halogens is 2. The minimum absolute atomic E-state index is 0. The maximum Gasteiger partial charge on any atom is 0.227 e. The summed E-state index contributed by atoms with van der Waals surface area (Å²) >= 11 is 6.00. The molecule has 1 aromatic heterocycles. The molecule has 1 aliphatic heterocycles. The lowest BCUT2D eigenvalue weighted by atomic mass is 10.1. The molecule has 0 radical (unpaired) electrons. The Balaban J connectivity index is 0.00000280.